The van der Waals surface area contributed by atoms with Crippen molar-refractivity contribution >= 4 is 5.69 Å². The minimum Gasteiger partial charge on any atom is -0.585 e. The lowest BCUT2D eigenvalue weighted by molar-refractivity contribution is -0.963. The summed E-state index contributed by atoms with van der Waals surface area (Å²) in [6, 6.07) is 14.6. The van der Waals surface area contributed by atoms with E-state index in [1.165, 1.54) is 0 Å². The molecule has 30 heavy (non-hydrogen) atoms. The molecule has 0 aliphatic heterocycles. The summed E-state index contributed by atoms with van der Waals surface area (Å²) >= 11 is 0. The van der Waals surface area contributed by atoms with Gasteiger partial charge in [-0.2, -0.15) is 5.06 Å². The fraction of sp³-hybridized carbons (Fsp3) is 0.500. The van der Waals surface area contributed by atoms with Crippen molar-refractivity contribution in [3.05, 3.63) is 59.3 Å². The van der Waals surface area contributed by atoms with E-state index in [0.29, 0.717) is 23.7 Å². The molecule has 0 aromatic heterocycles. The second kappa shape index (κ2) is 10.3. The van der Waals surface area contributed by atoms with Crippen LogP contribution in [0.15, 0.2) is 48.5 Å². The summed E-state index contributed by atoms with van der Waals surface area (Å²) in [5.74, 6) is 1.14. The zero-order chi connectivity index (χ0) is 22.4. The zero-order valence-corrected chi connectivity index (χ0v) is 19.3. The van der Waals surface area contributed by atoms with Gasteiger partial charge in [0.25, 0.3) is 0 Å². The van der Waals surface area contributed by atoms with Gasteiger partial charge in [0.1, 0.15) is 11.4 Å². The monoisotopic (exact) mass is 416 g/mol. The van der Waals surface area contributed by atoms with Crippen LogP contribution in [0.2, 0.25) is 0 Å². The fourth-order valence-electron chi connectivity index (χ4n) is 2.77. The highest BCUT2D eigenvalue weighted by atomic mass is 16.9. The van der Waals surface area contributed by atoms with Crippen LogP contribution in [0.3, 0.4) is 0 Å². The molecule has 0 spiro atoms. The number of rotatable bonds is 11. The highest BCUT2D eigenvalue weighted by Gasteiger charge is 2.25. The van der Waals surface area contributed by atoms with Gasteiger partial charge in [-0.15, -0.1) is 5.23 Å². The van der Waals surface area contributed by atoms with Gasteiger partial charge < -0.3 is 19.6 Å². The largest absolute Gasteiger partial charge is 0.585 e. The molecular weight excluding hydrogens is 380 g/mol. The normalized spacial score (nSPS) is 13.4. The van der Waals surface area contributed by atoms with Crippen molar-refractivity contribution in [1.82, 2.24) is 5.06 Å². The summed E-state index contributed by atoms with van der Waals surface area (Å²) in [5.41, 5.74) is 1.21. The number of hydrogen-bond donors (Lipinski definition) is 1. The molecular formula is C24H36N2O4. The van der Waals surface area contributed by atoms with Gasteiger partial charge >= 0.3 is 0 Å². The number of hydroxylamine groups is 2. The van der Waals surface area contributed by atoms with E-state index in [9.17, 15) is 5.21 Å². The minimum atomic E-state index is -0.397. The number of ether oxygens (including phenoxy) is 1. The second-order valence-corrected chi connectivity index (χ2v) is 8.66. The summed E-state index contributed by atoms with van der Waals surface area (Å²) in [6.07, 6.45) is 1.84. The summed E-state index contributed by atoms with van der Waals surface area (Å²) in [7, 11) is 1.68. The Hall–Kier alpha value is -2.12. The van der Waals surface area contributed by atoms with Crippen LogP contribution in [0.25, 0.3) is 0 Å². The Morgan fingerprint density at radius 3 is 2.13 bits per heavy atom. The average molecular weight is 417 g/mol. The minimum absolute atomic E-state index is 0.0776. The molecule has 0 heterocycles. The van der Waals surface area contributed by atoms with E-state index in [1.807, 2.05) is 43.2 Å². The fourth-order valence-corrected chi connectivity index (χ4v) is 2.77. The Morgan fingerprint density at radius 2 is 1.57 bits per heavy atom. The molecule has 166 valence electrons. The first-order valence-corrected chi connectivity index (χ1v) is 10.5. The Kier molecular flexibility index (Phi) is 8.26. The number of benzene rings is 2. The summed E-state index contributed by atoms with van der Waals surface area (Å²) in [6.45, 7) is 13.2. The lowest BCUT2D eigenvalue weighted by Gasteiger charge is -2.35. The predicted octanol–water partition coefficient (Wildman–Crippen LogP) is 4.81. The van der Waals surface area contributed by atoms with Crippen molar-refractivity contribution in [2.24, 2.45) is 0 Å². The second-order valence-electron chi connectivity index (χ2n) is 8.66. The molecule has 0 radical (unpaired) electrons. The molecule has 0 aliphatic carbocycles. The van der Waals surface area contributed by atoms with Crippen molar-refractivity contribution in [1.29, 1.82) is 0 Å². The predicted molar refractivity (Wildman–Crippen MR) is 119 cm³/mol. The van der Waals surface area contributed by atoms with Gasteiger partial charge in [0.15, 0.2) is 11.4 Å². The molecule has 2 rings (SSSR count). The third-order valence-corrected chi connectivity index (χ3v) is 5.54. The maximum Gasteiger partial charge on any atom is 0.194 e. The molecule has 0 saturated carbocycles. The van der Waals surface area contributed by atoms with E-state index in [4.69, 9.17) is 14.4 Å². The lowest BCUT2D eigenvalue weighted by atomic mass is 10.0. The third kappa shape index (κ3) is 6.71. The number of hydrogen-bond acceptors (Lipinski definition) is 5. The van der Waals surface area contributed by atoms with Gasteiger partial charge in [0.05, 0.1) is 7.11 Å². The Morgan fingerprint density at radius 1 is 0.933 bits per heavy atom. The highest BCUT2D eigenvalue weighted by molar-refractivity contribution is 5.34. The molecule has 6 nitrogen and oxygen atoms in total. The molecule has 2 aromatic rings. The summed E-state index contributed by atoms with van der Waals surface area (Å²) in [5, 5.41) is 14.1. The van der Waals surface area contributed by atoms with Crippen LogP contribution in [0, 0.1) is 5.21 Å². The highest BCUT2D eigenvalue weighted by Crippen LogP contribution is 2.25. The molecule has 1 unspecified atom stereocenters. The molecule has 1 N–H and O–H groups in total. The van der Waals surface area contributed by atoms with Gasteiger partial charge in [0, 0.05) is 30.3 Å². The van der Waals surface area contributed by atoms with Gasteiger partial charge in [-0.25, -0.2) is 0 Å². The van der Waals surface area contributed by atoms with E-state index >= 15 is 0 Å². The molecule has 0 saturated heterocycles. The first-order valence-electron chi connectivity index (χ1n) is 10.5. The maximum atomic E-state index is 12.6. The molecule has 1 atom stereocenters. The Labute approximate surface area is 180 Å². The molecule has 2 aromatic carbocycles. The molecule has 0 fully saturated rings. The van der Waals surface area contributed by atoms with E-state index in [-0.39, 0.29) is 11.1 Å². The molecule has 0 amide bonds. The zero-order valence-electron chi connectivity index (χ0n) is 19.3. The van der Waals surface area contributed by atoms with Crippen LogP contribution in [0.1, 0.15) is 59.9 Å². The van der Waals surface area contributed by atoms with E-state index in [1.54, 1.807) is 31.4 Å². The van der Waals surface area contributed by atoms with Crippen LogP contribution in [-0.4, -0.2) is 23.3 Å². The van der Waals surface area contributed by atoms with Gasteiger partial charge in [0.2, 0.25) is 0 Å². The number of nitrogens with zero attached hydrogens (tertiary/aromatic N) is 1. The first kappa shape index (κ1) is 24.2. The molecule has 0 aliphatic rings. The standard InChI is InChI=1S/C24H36N2O4/c1-8-23(3,4)25(28-7)18-19-13-15-20(16-14-19)26(27)30-22-12-10-11-21(17-22)29-24(5,6)9-2/h10-17,26H,8-9,18H2,1-7H3. The lowest BCUT2D eigenvalue weighted by Crippen LogP contribution is -3.04. The van der Waals surface area contributed by atoms with Crippen molar-refractivity contribution in [3.63, 3.8) is 0 Å². The van der Waals surface area contributed by atoms with Crippen LogP contribution in [-0.2, 0) is 11.4 Å². The topological polar surface area (TPSA) is 58.4 Å². The van der Waals surface area contributed by atoms with E-state index < -0.39 is 5.23 Å². The van der Waals surface area contributed by atoms with Crippen molar-refractivity contribution in [3.8, 4) is 11.5 Å². The molecule has 6 heteroatoms. The van der Waals surface area contributed by atoms with Gasteiger partial charge in [-0.05, 0) is 58.2 Å². The van der Waals surface area contributed by atoms with Crippen LogP contribution < -0.4 is 14.8 Å². The van der Waals surface area contributed by atoms with Gasteiger partial charge in [-0.3, -0.25) is 0 Å². The number of nitrogens with one attached hydrogen (secondary N) is 1. The molecule has 0 bridgehead atoms. The SMILES string of the molecule is CCC(C)(C)Oc1cccc(O[NH+]([O-])c2ccc(CN(OC)C(C)(C)CC)cc2)c1. The third-order valence-electron chi connectivity index (χ3n) is 5.54. The van der Waals surface area contributed by atoms with E-state index in [0.717, 1.165) is 18.4 Å². The van der Waals surface area contributed by atoms with Crippen molar-refractivity contribution < 1.29 is 19.6 Å². The van der Waals surface area contributed by atoms with Crippen LogP contribution in [0.5, 0.6) is 11.5 Å². The number of quaternary nitrogens is 1. The van der Waals surface area contributed by atoms with Gasteiger partial charge in [-0.1, -0.05) is 32.0 Å². The average Bonchev–Trinajstić information content (AvgIpc) is 2.72. The summed E-state index contributed by atoms with van der Waals surface area (Å²) < 4.78 is 5.97. The van der Waals surface area contributed by atoms with E-state index in [2.05, 4.69) is 27.7 Å². The van der Waals surface area contributed by atoms with Crippen LogP contribution >= 0.6 is 0 Å². The van der Waals surface area contributed by atoms with Crippen molar-refractivity contribution in [2.75, 3.05) is 7.11 Å². The van der Waals surface area contributed by atoms with Crippen LogP contribution in [0.4, 0.5) is 5.69 Å². The van der Waals surface area contributed by atoms with Crippen molar-refractivity contribution in [2.45, 2.75) is 72.1 Å². The Bertz CT molecular complexity index is 790. The quantitative estimate of drug-likeness (QED) is 0.533. The smallest absolute Gasteiger partial charge is 0.194 e. The Balaban J connectivity index is 2.04. The first-order chi connectivity index (χ1) is 14.1. The maximum absolute atomic E-state index is 12.6. The summed E-state index contributed by atoms with van der Waals surface area (Å²) in [4.78, 5) is 11.1.